The molecule has 5 rings (SSSR count). The number of hydrogen-bond acceptors (Lipinski definition) is 13. The highest BCUT2D eigenvalue weighted by Gasteiger charge is 2.85. The number of fused-ring (bicyclic) bond motifs is 1. The van der Waals surface area contributed by atoms with E-state index in [1.165, 1.54) is 50.5 Å². The number of pyridine rings is 1. The van der Waals surface area contributed by atoms with Crippen molar-refractivity contribution in [2.75, 3.05) is 6.61 Å². The molecule has 13 nitrogen and oxygen atoms in total. The predicted molar refractivity (Wildman–Crippen MR) is 160 cm³/mol. The molecule has 2 aliphatic carbocycles. The van der Waals surface area contributed by atoms with Crippen LogP contribution in [0.5, 0.6) is 0 Å². The lowest BCUT2D eigenvalue weighted by atomic mass is 9.47. The van der Waals surface area contributed by atoms with E-state index in [-0.39, 0.29) is 17.5 Å². The maximum atomic E-state index is 13.9. The number of aliphatic hydroxyl groups excluding tert-OH is 1. The normalized spacial score (nSPS) is 33.5. The number of aromatic nitrogens is 1. The largest absolute Gasteiger partial charge is 0.465 e. The molecule has 1 saturated heterocycles. The molecule has 0 radical (unpaired) electrons. The summed E-state index contributed by atoms with van der Waals surface area (Å²) in [6.45, 7) is 8.08. The lowest BCUT2D eigenvalue weighted by Gasteiger charge is -2.64. The SMILES string of the molecule is CC(=O)OCC12C(O)C(OC(C)=O)CC(C)C13OC(C)(C)C(C(OC(=O)c1cccnc1)C2OC(=O)c1ccccc1)C3OC(C)=O. The van der Waals surface area contributed by atoms with Gasteiger partial charge in [0, 0.05) is 33.2 Å². The molecule has 1 aromatic heterocycles. The fraction of sp³-hybridized carbons (Fsp3) is 0.529. The quantitative estimate of drug-likeness (QED) is 0.326. The first-order valence-corrected chi connectivity index (χ1v) is 15.4. The van der Waals surface area contributed by atoms with Crippen LogP contribution in [0.15, 0.2) is 54.9 Å². The Balaban J connectivity index is 1.81. The number of ether oxygens (including phenoxy) is 6. The van der Waals surface area contributed by atoms with E-state index < -0.39 is 95.4 Å². The monoisotopic (exact) mass is 653 g/mol. The number of hydrogen-bond donors (Lipinski definition) is 1. The van der Waals surface area contributed by atoms with Crippen molar-refractivity contribution in [1.29, 1.82) is 0 Å². The molecule has 2 heterocycles. The van der Waals surface area contributed by atoms with Gasteiger partial charge in [-0.25, -0.2) is 9.59 Å². The fourth-order valence-corrected chi connectivity index (χ4v) is 7.95. The second-order valence-electron chi connectivity index (χ2n) is 12.9. The molecular weight excluding hydrogens is 614 g/mol. The first-order valence-electron chi connectivity index (χ1n) is 15.4. The molecule has 9 unspecified atom stereocenters. The minimum atomic E-state index is -2.02. The second kappa shape index (κ2) is 12.7. The van der Waals surface area contributed by atoms with Gasteiger partial charge in [0.15, 0.2) is 6.10 Å². The minimum absolute atomic E-state index is 0.0443. The Morgan fingerprint density at radius 1 is 0.851 bits per heavy atom. The fourth-order valence-electron chi connectivity index (χ4n) is 7.95. The van der Waals surface area contributed by atoms with Crippen LogP contribution in [-0.4, -0.2) is 88.3 Å². The maximum absolute atomic E-state index is 13.9. The molecule has 1 aliphatic heterocycles. The summed E-state index contributed by atoms with van der Waals surface area (Å²) >= 11 is 0. The average Bonchev–Trinajstić information content (AvgIpc) is 3.20. The average molecular weight is 654 g/mol. The number of rotatable bonds is 8. The number of nitrogens with zero attached hydrogens (tertiary/aromatic N) is 1. The van der Waals surface area contributed by atoms with Gasteiger partial charge < -0.3 is 33.5 Å². The Morgan fingerprint density at radius 2 is 1.49 bits per heavy atom. The first-order chi connectivity index (χ1) is 22.2. The van der Waals surface area contributed by atoms with Crippen LogP contribution in [0.2, 0.25) is 0 Å². The third-order valence-electron chi connectivity index (χ3n) is 9.58. The zero-order valence-corrected chi connectivity index (χ0v) is 27.0. The van der Waals surface area contributed by atoms with Gasteiger partial charge in [0.2, 0.25) is 0 Å². The van der Waals surface area contributed by atoms with Gasteiger partial charge in [0.05, 0.1) is 22.6 Å². The van der Waals surface area contributed by atoms with Gasteiger partial charge in [0.1, 0.15) is 42.0 Å². The summed E-state index contributed by atoms with van der Waals surface area (Å²) in [4.78, 5) is 69.2. The summed E-state index contributed by atoms with van der Waals surface area (Å²) in [6, 6.07) is 11.0. The third-order valence-corrected chi connectivity index (χ3v) is 9.58. The highest BCUT2D eigenvalue weighted by molar-refractivity contribution is 5.90. The Labute approximate surface area is 271 Å². The van der Waals surface area contributed by atoms with E-state index >= 15 is 0 Å². The highest BCUT2D eigenvalue weighted by atomic mass is 16.6. The smallest absolute Gasteiger partial charge is 0.340 e. The van der Waals surface area contributed by atoms with E-state index in [0.717, 1.165) is 6.92 Å². The third kappa shape index (κ3) is 5.75. The number of carbonyl (C=O) groups is 5. The summed E-state index contributed by atoms with van der Waals surface area (Å²) in [7, 11) is 0. The van der Waals surface area contributed by atoms with Gasteiger partial charge in [-0.15, -0.1) is 0 Å². The topological polar surface area (TPSA) is 174 Å². The Kier molecular flexibility index (Phi) is 9.17. The van der Waals surface area contributed by atoms with Gasteiger partial charge >= 0.3 is 29.8 Å². The van der Waals surface area contributed by atoms with Gasteiger partial charge in [-0.1, -0.05) is 25.1 Å². The number of benzene rings is 1. The van der Waals surface area contributed by atoms with E-state index in [1.807, 2.05) is 0 Å². The molecule has 1 aromatic carbocycles. The van der Waals surface area contributed by atoms with Crippen LogP contribution in [0.4, 0.5) is 0 Å². The molecule has 2 saturated carbocycles. The zero-order valence-electron chi connectivity index (χ0n) is 27.0. The van der Waals surface area contributed by atoms with Crippen molar-refractivity contribution in [2.45, 2.75) is 89.7 Å². The Hall–Kier alpha value is -4.36. The molecule has 47 heavy (non-hydrogen) atoms. The summed E-state index contributed by atoms with van der Waals surface area (Å²) in [5.41, 5.74) is -4.77. The van der Waals surface area contributed by atoms with Crippen LogP contribution in [-0.2, 0) is 42.8 Å². The molecule has 252 valence electrons. The molecule has 3 fully saturated rings. The lowest BCUT2D eigenvalue weighted by molar-refractivity contribution is -0.327. The molecule has 13 heteroatoms. The zero-order chi connectivity index (χ0) is 34.3. The van der Waals surface area contributed by atoms with Crippen molar-refractivity contribution in [2.24, 2.45) is 17.3 Å². The van der Waals surface area contributed by atoms with Crippen LogP contribution in [0, 0.1) is 17.3 Å². The number of aliphatic hydroxyl groups is 1. The molecular formula is C34H39NO12. The van der Waals surface area contributed by atoms with E-state index in [4.69, 9.17) is 28.4 Å². The van der Waals surface area contributed by atoms with E-state index in [1.54, 1.807) is 39.0 Å². The van der Waals surface area contributed by atoms with Crippen LogP contribution < -0.4 is 0 Å². The van der Waals surface area contributed by atoms with Crippen molar-refractivity contribution in [3.05, 3.63) is 66.0 Å². The van der Waals surface area contributed by atoms with E-state index in [0.29, 0.717) is 0 Å². The van der Waals surface area contributed by atoms with Crippen molar-refractivity contribution in [3.63, 3.8) is 0 Å². The van der Waals surface area contributed by atoms with E-state index in [9.17, 15) is 29.1 Å². The summed E-state index contributed by atoms with van der Waals surface area (Å²) in [5.74, 6) is -5.47. The van der Waals surface area contributed by atoms with Gasteiger partial charge in [-0.2, -0.15) is 0 Å². The highest BCUT2D eigenvalue weighted by Crippen LogP contribution is 2.68. The van der Waals surface area contributed by atoms with Crippen LogP contribution in [0.3, 0.4) is 0 Å². The van der Waals surface area contributed by atoms with Gasteiger partial charge in [0.25, 0.3) is 0 Å². The van der Waals surface area contributed by atoms with Crippen LogP contribution in [0.1, 0.15) is 68.7 Å². The molecule has 1 N–H and O–H groups in total. The van der Waals surface area contributed by atoms with Crippen molar-refractivity contribution in [1.82, 2.24) is 4.98 Å². The lowest BCUT2D eigenvalue weighted by Crippen LogP contribution is -2.81. The maximum Gasteiger partial charge on any atom is 0.340 e. The minimum Gasteiger partial charge on any atom is -0.465 e. The number of esters is 5. The predicted octanol–water partition coefficient (Wildman–Crippen LogP) is 2.82. The summed E-state index contributed by atoms with van der Waals surface area (Å²) < 4.78 is 36.7. The van der Waals surface area contributed by atoms with Crippen molar-refractivity contribution < 1.29 is 57.5 Å². The molecule has 2 aromatic rings. The molecule has 1 spiro atoms. The summed E-state index contributed by atoms with van der Waals surface area (Å²) in [6.07, 6.45) is -4.41. The second-order valence-corrected chi connectivity index (χ2v) is 12.9. The van der Waals surface area contributed by atoms with Gasteiger partial charge in [-0.3, -0.25) is 19.4 Å². The Bertz CT molecular complexity index is 1530. The van der Waals surface area contributed by atoms with Crippen molar-refractivity contribution in [3.8, 4) is 0 Å². The molecule has 9 atom stereocenters. The summed E-state index contributed by atoms with van der Waals surface area (Å²) in [5, 5.41) is 12.4. The van der Waals surface area contributed by atoms with E-state index in [2.05, 4.69) is 4.98 Å². The standard InChI is InChI=1S/C34H39NO12/c1-18-15-24(43-20(3)37)27(39)33(17-42-19(2)36)29(46-30(40)22-11-8-7-9-12-22)26(45-31(41)23-13-10-14-35-16-23)25-28(44-21(4)38)34(18,33)47-32(25,5)6/h7-14,16,18,24-29,39H,15,17H2,1-6H3. The van der Waals surface area contributed by atoms with Gasteiger partial charge in [-0.05, 0) is 50.5 Å². The van der Waals surface area contributed by atoms with Crippen LogP contribution in [0.25, 0.3) is 0 Å². The Morgan fingerprint density at radius 3 is 2.09 bits per heavy atom. The molecule has 0 amide bonds. The molecule has 2 bridgehead atoms. The number of carbonyl (C=O) groups excluding carboxylic acids is 5. The van der Waals surface area contributed by atoms with Crippen molar-refractivity contribution >= 4 is 29.8 Å². The molecule has 3 aliphatic rings. The first kappa shape index (κ1) is 34.0. The van der Waals surface area contributed by atoms with Crippen LogP contribution >= 0.6 is 0 Å².